The molecule has 0 heterocycles. The average Bonchev–Trinajstić information content (AvgIpc) is 2.36. The summed E-state index contributed by atoms with van der Waals surface area (Å²) in [5.41, 5.74) is 3.51. The van der Waals surface area contributed by atoms with Crippen molar-refractivity contribution >= 4 is 21.8 Å². The lowest BCUT2D eigenvalue weighted by Crippen LogP contribution is -2.23. The molecule has 3 nitrogen and oxygen atoms in total. The Labute approximate surface area is 111 Å². The molecule has 17 heavy (non-hydrogen) atoms. The van der Waals surface area contributed by atoms with Crippen LogP contribution in [0, 0.1) is 0 Å². The molecule has 0 bridgehead atoms. The minimum atomic E-state index is -0.0458. The summed E-state index contributed by atoms with van der Waals surface area (Å²) < 4.78 is 0. The molecule has 1 aromatic rings. The van der Waals surface area contributed by atoms with Crippen molar-refractivity contribution in [3.63, 3.8) is 0 Å². The molecule has 0 atom stereocenters. The van der Waals surface area contributed by atoms with Crippen LogP contribution >= 0.6 is 15.9 Å². The van der Waals surface area contributed by atoms with Gasteiger partial charge in [-0.25, -0.2) is 5.48 Å². The topological polar surface area (TPSA) is 38.3 Å². The predicted molar refractivity (Wildman–Crippen MR) is 71.6 cm³/mol. The molecule has 94 valence electrons. The molecule has 0 aliphatic rings. The summed E-state index contributed by atoms with van der Waals surface area (Å²) >= 11 is 3.36. The Bertz CT molecular complexity index is 316. The highest BCUT2D eigenvalue weighted by Gasteiger charge is 2.00. The molecular formula is C13H18BrNO2. The van der Waals surface area contributed by atoms with E-state index in [0.29, 0.717) is 13.0 Å². The Morgan fingerprint density at radius 1 is 1.18 bits per heavy atom. The maximum Gasteiger partial charge on any atom is 0.243 e. The van der Waals surface area contributed by atoms with Crippen molar-refractivity contribution in [3.8, 4) is 0 Å². The first-order chi connectivity index (χ1) is 8.33. The number of amides is 1. The molecule has 0 aliphatic carbocycles. The fraction of sp³-hybridized carbons (Fsp3) is 0.462. The summed E-state index contributed by atoms with van der Waals surface area (Å²) in [7, 11) is 0. The minimum absolute atomic E-state index is 0.0458. The number of halogens is 1. The lowest BCUT2D eigenvalue weighted by molar-refractivity contribution is -0.134. The van der Waals surface area contributed by atoms with Crippen LogP contribution < -0.4 is 5.48 Å². The maximum absolute atomic E-state index is 11.3. The SMILES string of the molecule is O=C(CCCCCBr)NOCc1ccccc1. The van der Waals surface area contributed by atoms with E-state index in [1.54, 1.807) is 0 Å². The zero-order chi connectivity index (χ0) is 12.3. The molecule has 0 fully saturated rings. The lowest BCUT2D eigenvalue weighted by Gasteiger charge is -2.05. The molecule has 0 radical (unpaired) electrons. The average molecular weight is 300 g/mol. The van der Waals surface area contributed by atoms with Crippen LogP contribution in [0.4, 0.5) is 0 Å². The van der Waals surface area contributed by atoms with Gasteiger partial charge >= 0.3 is 0 Å². The van der Waals surface area contributed by atoms with E-state index >= 15 is 0 Å². The number of carbonyl (C=O) groups is 1. The van der Waals surface area contributed by atoms with Gasteiger partial charge in [-0.2, -0.15) is 0 Å². The van der Waals surface area contributed by atoms with Crippen LogP contribution in [-0.2, 0) is 16.2 Å². The Hall–Kier alpha value is -0.870. The summed E-state index contributed by atoms with van der Waals surface area (Å²) in [5.74, 6) is -0.0458. The van der Waals surface area contributed by atoms with E-state index in [9.17, 15) is 4.79 Å². The Morgan fingerprint density at radius 3 is 2.65 bits per heavy atom. The largest absolute Gasteiger partial charge is 0.273 e. The van der Waals surface area contributed by atoms with Crippen LogP contribution in [0.1, 0.15) is 31.2 Å². The van der Waals surface area contributed by atoms with Crippen LogP contribution in [0.5, 0.6) is 0 Å². The molecule has 1 amide bonds. The van der Waals surface area contributed by atoms with Gasteiger partial charge in [-0.05, 0) is 18.4 Å². The highest BCUT2D eigenvalue weighted by atomic mass is 79.9. The van der Waals surface area contributed by atoms with Gasteiger partial charge < -0.3 is 0 Å². The Morgan fingerprint density at radius 2 is 1.94 bits per heavy atom. The van der Waals surface area contributed by atoms with E-state index in [2.05, 4.69) is 21.4 Å². The van der Waals surface area contributed by atoms with Crippen molar-refractivity contribution in [2.24, 2.45) is 0 Å². The summed E-state index contributed by atoms with van der Waals surface area (Å²) in [6, 6.07) is 9.76. The molecule has 1 N–H and O–H groups in total. The van der Waals surface area contributed by atoms with Gasteiger partial charge in [-0.15, -0.1) is 0 Å². The van der Waals surface area contributed by atoms with E-state index in [1.807, 2.05) is 30.3 Å². The standard InChI is InChI=1S/C13H18BrNO2/c14-10-6-2-5-9-13(16)15-17-11-12-7-3-1-4-8-12/h1,3-4,7-8H,2,5-6,9-11H2,(H,15,16). The van der Waals surface area contributed by atoms with E-state index < -0.39 is 0 Å². The smallest absolute Gasteiger partial charge is 0.243 e. The third-order valence-electron chi connectivity index (χ3n) is 2.31. The van der Waals surface area contributed by atoms with Crippen molar-refractivity contribution in [1.82, 2.24) is 5.48 Å². The second kappa shape index (κ2) is 9.19. The normalized spacial score (nSPS) is 10.2. The van der Waals surface area contributed by atoms with Crippen LogP contribution in [-0.4, -0.2) is 11.2 Å². The fourth-order valence-electron chi connectivity index (χ4n) is 1.38. The van der Waals surface area contributed by atoms with Crippen LogP contribution in [0.25, 0.3) is 0 Å². The van der Waals surface area contributed by atoms with Crippen molar-refractivity contribution in [1.29, 1.82) is 0 Å². The summed E-state index contributed by atoms with van der Waals surface area (Å²) in [6.45, 7) is 0.411. The summed E-state index contributed by atoms with van der Waals surface area (Å²) in [6.07, 6.45) is 3.61. The van der Waals surface area contributed by atoms with Crippen molar-refractivity contribution in [2.45, 2.75) is 32.3 Å². The molecule has 4 heteroatoms. The predicted octanol–water partition coefficient (Wildman–Crippen LogP) is 3.19. The van der Waals surface area contributed by atoms with Gasteiger partial charge in [-0.1, -0.05) is 52.7 Å². The number of carbonyl (C=O) groups excluding carboxylic acids is 1. The second-order valence-corrected chi connectivity index (χ2v) is 4.59. The van der Waals surface area contributed by atoms with Gasteiger partial charge in [0, 0.05) is 11.8 Å². The molecule has 0 unspecified atom stereocenters. The first kappa shape index (κ1) is 14.2. The first-order valence-corrected chi connectivity index (χ1v) is 6.95. The van der Waals surface area contributed by atoms with Crippen LogP contribution in [0.3, 0.4) is 0 Å². The number of hydroxylamine groups is 1. The first-order valence-electron chi connectivity index (χ1n) is 5.83. The molecule has 0 saturated carbocycles. The zero-order valence-electron chi connectivity index (χ0n) is 9.82. The zero-order valence-corrected chi connectivity index (χ0v) is 11.4. The number of hydrogen-bond acceptors (Lipinski definition) is 2. The highest BCUT2D eigenvalue weighted by Crippen LogP contribution is 2.02. The van der Waals surface area contributed by atoms with Crippen molar-refractivity contribution < 1.29 is 9.63 Å². The third-order valence-corrected chi connectivity index (χ3v) is 2.87. The monoisotopic (exact) mass is 299 g/mol. The number of nitrogens with one attached hydrogen (secondary N) is 1. The van der Waals surface area contributed by atoms with E-state index in [1.165, 1.54) is 0 Å². The summed E-state index contributed by atoms with van der Waals surface area (Å²) in [5, 5.41) is 0.999. The maximum atomic E-state index is 11.3. The van der Waals surface area contributed by atoms with E-state index in [-0.39, 0.29) is 5.91 Å². The van der Waals surface area contributed by atoms with Gasteiger partial charge in [0.25, 0.3) is 0 Å². The number of benzene rings is 1. The van der Waals surface area contributed by atoms with Gasteiger partial charge in [-0.3, -0.25) is 9.63 Å². The van der Waals surface area contributed by atoms with Crippen LogP contribution in [0.2, 0.25) is 0 Å². The quantitative estimate of drug-likeness (QED) is 0.455. The van der Waals surface area contributed by atoms with E-state index in [4.69, 9.17) is 4.84 Å². The van der Waals surface area contributed by atoms with Crippen molar-refractivity contribution in [3.05, 3.63) is 35.9 Å². The lowest BCUT2D eigenvalue weighted by atomic mass is 10.2. The molecule has 1 rings (SSSR count). The van der Waals surface area contributed by atoms with Crippen LogP contribution in [0.15, 0.2) is 30.3 Å². The highest BCUT2D eigenvalue weighted by molar-refractivity contribution is 9.09. The van der Waals surface area contributed by atoms with Crippen molar-refractivity contribution in [2.75, 3.05) is 5.33 Å². The molecule has 0 spiro atoms. The summed E-state index contributed by atoms with van der Waals surface area (Å²) in [4.78, 5) is 16.5. The van der Waals surface area contributed by atoms with Gasteiger partial charge in [0.1, 0.15) is 0 Å². The van der Waals surface area contributed by atoms with Gasteiger partial charge in [0.15, 0.2) is 0 Å². The van der Waals surface area contributed by atoms with E-state index in [0.717, 1.165) is 30.2 Å². The van der Waals surface area contributed by atoms with Gasteiger partial charge in [0.2, 0.25) is 5.91 Å². The minimum Gasteiger partial charge on any atom is -0.273 e. The Kier molecular flexibility index (Phi) is 7.67. The number of alkyl halides is 1. The third kappa shape index (κ3) is 7.13. The number of unbranched alkanes of at least 4 members (excludes halogenated alkanes) is 2. The fourth-order valence-corrected chi connectivity index (χ4v) is 1.78. The molecular weight excluding hydrogens is 282 g/mol. The molecule has 1 aromatic carbocycles. The van der Waals surface area contributed by atoms with Gasteiger partial charge in [0.05, 0.1) is 6.61 Å². The molecule has 0 aliphatic heterocycles. The molecule has 0 aromatic heterocycles. The second-order valence-electron chi connectivity index (χ2n) is 3.80. The molecule has 0 saturated heterocycles. The Balaban J connectivity index is 2.04. The number of hydrogen-bond donors (Lipinski definition) is 1. The number of rotatable bonds is 8.